The summed E-state index contributed by atoms with van der Waals surface area (Å²) >= 11 is 5.89. The number of ether oxygens (including phenoxy) is 1. The van der Waals surface area contributed by atoms with Crippen LogP contribution in [0.1, 0.15) is 25.0 Å². The number of hydrogen-bond donors (Lipinski definition) is 1. The van der Waals surface area contributed by atoms with Crippen LogP contribution in [0, 0.1) is 6.92 Å². The molecule has 1 aliphatic heterocycles. The molecule has 0 aliphatic carbocycles. The topological polar surface area (TPSA) is 56.2 Å². The summed E-state index contributed by atoms with van der Waals surface area (Å²) in [4.78, 5) is 11.7. The lowest BCUT2D eigenvalue weighted by molar-refractivity contribution is -0.121. The van der Waals surface area contributed by atoms with Crippen molar-refractivity contribution in [1.29, 1.82) is 0 Å². The molecule has 1 unspecified atom stereocenters. The molecule has 18 heavy (non-hydrogen) atoms. The summed E-state index contributed by atoms with van der Waals surface area (Å²) in [6.07, 6.45) is 4.32. The second-order valence-electron chi connectivity index (χ2n) is 4.49. The highest BCUT2D eigenvalue weighted by Crippen LogP contribution is 2.13. The van der Waals surface area contributed by atoms with Crippen molar-refractivity contribution in [2.45, 2.75) is 38.8 Å². The summed E-state index contributed by atoms with van der Waals surface area (Å²) in [6.45, 7) is 3.86. The van der Waals surface area contributed by atoms with Gasteiger partial charge >= 0.3 is 0 Å². The Kier molecular flexibility index (Phi) is 4.60. The van der Waals surface area contributed by atoms with Crippen molar-refractivity contribution in [3.63, 3.8) is 0 Å². The van der Waals surface area contributed by atoms with Crippen LogP contribution in [0.3, 0.4) is 0 Å². The number of halogens is 1. The van der Waals surface area contributed by atoms with E-state index in [9.17, 15) is 4.79 Å². The van der Waals surface area contributed by atoms with E-state index in [2.05, 4.69) is 10.4 Å². The van der Waals surface area contributed by atoms with Crippen LogP contribution in [-0.2, 0) is 16.1 Å². The van der Waals surface area contributed by atoms with Crippen LogP contribution < -0.4 is 5.32 Å². The van der Waals surface area contributed by atoms with E-state index in [0.29, 0.717) is 24.5 Å². The van der Waals surface area contributed by atoms with Gasteiger partial charge in [-0.05, 0) is 19.8 Å². The number of aromatic nitrogens is 2. The Labute approximate surface area is 111 Å². The number of carbonyl (C=O) groups excluding carboxylic acids is 1. The SMILES string of the molecule is Cc1c(Cl)cnn1CCC(=O)NCC1CCCO1. The van der Waals surface area contributed by atoms with E-state index in [1.807, 2.05) is 6.92 Å². The first-order valence-electron chi connectivity index (χ1n) is 6.23. The van der Waals surface area contributed by atoms with Crippen molar-refractivity contribution < 1.29 is 9.53 Å². The average Bonchev–Trinajstić information content (AvgIpc) is 2.97. The molecule has 1 N–H and O–H groups in total. The standard InChI is InChI=1S/C12H18ClN3O2/c1-9-11(13)8-15-16(9)5-4-12(17)14-7-10-3-2-6-18-10/h8,10H,2-7H2,1H3,(H,14,17). The third-order valence-electron chi connectivity index (χ3n) is 3.14. The first kappa shape index (κ1) is 13.4. The van der Waals surface area contributed by atoms with Crippen molar-refractivity contribution in [2.24, 2.45) is 0 Å². The van der Waals surface area contributed by atoms with Gasteiger partial charge in [0.15, 0.2) is 0 Å². The minimum atomic E-state index is 0.0246. The van der Waals surface area contributed by atoms with Crippen LogP contribution in [0.4, 0.5) is 0 Å². The van der Waals surface area contributed by atoms with Gasteiger partial charge in [-0.2, -0.15) is 5.10 Å². The van der Waals surface area contributed by atoms with E-state index < -0.39 is 0 Å². The number of nitrogens with one attached hydrogen (secondary N) is 1. The molecule has 1 aromatic heterocycles. The quantitative estimate of drug-likeness (QED) is 0.884. The van der Waals surface area contributed by atoms with Gasteiger partial charge in [0.2, 0.25) is 5.91 Å². The molecule has 5 nitrogen and oxygen atoms in total. The minimum absolute atomic E-state index is 0.0246. The fourth-order valence-electron chi connectivity index (χ4n) is 1.98. The fourth-order valence-corrected chi connectivity index (χ4v) is 2.12. The van der Waals surface area contributed by atoms with Gasteiger partial charge in [-0.25, -0.2) is 0 Å². The van der Waals surface area contributed by atoms with E-state index >= 15 is 0 Å². The number of hydrogen-bond acceptors (Lipinski definition) is 3. The largest absolute Gasteiger partial charge is 0.376 e. The predicted octanol–water partition coefficient (Wildman–Crippen LogP) is 1.53. The maximum absolute atomic E-state index is 11.7. The lowest BCUT2D eigenvalue weighted by Gasteiger charge is -2.11. The molecule has 1 aliphatic rings. The van der Waals surface area contributed by atoms with E-state index in [1.165, 1.54) is 0 Å². The number of rotatable bonds is 5. The minimum Gasteiger partial charge on any atom is -0.376 e. The maximum Gasteiger partial charge on any atom is 0.221 e. The van der Waals surface area contributed by atoms with Crippen molar-refractivity contribution in [2.75, 3.05) is 13.2 Å². The molecule has 0 aromatic carbocycles. The van der Waals surface area contributed by atoms with Crippen molar-refractivity contribution >= 4 is 17.5 Å². The molecule has 0 saturated carbocycles. The summed E-state index contributed by atoms with van der Waals surface area (Å²) in [7, 11) is 0. The molecule has 2 heterocycles. The lowest BCUT2D eigenvalue weighted by atomic mass is 10.2. The van der Waals surface area contributed by atoms with Gasteiger partial charge in [0.25, 0.3) is 0 Å². The van der Waals surface area contributed by atoms with Gasteiger partial charge < -0.3 is 10.1 Å². The summed E-state index contributed by atoms with van der Waals surface area (Å²) in [5.74, 6) is 0.0246. The van der Waals surface area contributed by atoms with Crippen LogP contribution in [0.15, 0.2) is 6.20 Å². The Bertz CT molecular complexity index is 413. The van der Waals surface area contributed by atoms with Crippen molar-refractivity contribution in [3.8, 4) is 0 Å². The number of amides is 1. The van der Waals surface area contributed by atoms with Crippen LogP contribution >= 0.6 is 11.6 Å². The molecular weight excluding hydrogens is 254 g/mol. The molecule has 0 radical (unpaired) electrons. The molecular formula is C12H18ClN3O2. The van der Waals surface area contributed by atoms with Gasteiger partial charge in [0, 0.05) is 19.6 Å². The monoisotopic (exact) mass is 271 g/mol. The average molecular weight is 272 g/mol. The highest BCUT2D eigenvalue weighted by Gasteiger charge is 2.16. The summed E-state index contributed by atoms with van der Waals surface area (Å²) in [5.41, 5.74) is 0.892. The molecule has 6 heteroatoms. The molecule has 1 fully saturated rings. The Morgan fingerprint density at radius 2 is 2.56 bits per heavy atom. The molecule has 1 aromatic rings. The van der Waals surface area contributed by atoms with Crippen LogP contribution in [-0.4, -0.2) is 34.9 Å². The molecule has 1 saturated heterocycles. The first-order chi connectivity index (χ1) is 8.66. The summed E-state index contributed by atoms with van der Waals surface area (Å²) in [6, 6.07) is 0. The third kappa shape index (κ3) is 3.46. The normalized spacial score (nSPS) is 19.1. The van der Waals surface area contributed by atoms with E-state index in [-0.39, 0.29) is 12.0 Å². The Morgan fingerprint density at radius 1 is 1.72 bits per heavy atom. The Balaban J connectivity index is 1.69. The van der Waals surface area contributed by atoms with Gasteiger partial charge in [0.05, 0.1) is 29.6 Å². The Morgan fingerprint density at radius 3 is 3.17 bits per heavy atom. The maximum atomic E-state index is 11.7. The zero-order chi connectivity index (χ0) is 13.0. The van der Waals surface area contributed by atoms with Crippen molar-refractivity contribution in [1.82, 2.24) is 15.1 Å². The second-order valence-corrected chi connectivity index (χ2v) is 4.90. The van der Waals surface area contributed by atoms with Gasteiger partial charge in [-0.1, -0.05) is 11.6 Å². The smallest absolute Gasteiger partial charge is 0.221 e. The molecule has 0 bridgehead atoms. The summed E-state index contributed by atoms with van der Waals surface area (Å²) in [5, 5.41) is 7.62. The van der Waals surface area contributed by atoms with E-state index in [4.69, 9.17) is 16.3 Å². The van der Waals surface area contributed by atoms with Gasteiger partial charge in [0.1, 0.15) is 0 Å². The molecule has 1 atom stereocenters. The fraction of sp³-hybridized carbons (Fsp3) is 0.667. The first-order valence-corrected chi connectivity index (χ1v) is 6.61. The predicted molar refractivity (Wildman–Crippen MR) is 68.6 cm³/mol. The molecule has 2 rings (SSSR count). The molecule has 0 spiro atoms. The number of aryl methyl sites for hydroxylation is 1. The van der Waals surface area contributed by atoms with Crippen LogP contribution in [0.5, 0.6) is 0 Å². The third-order valence-corrected chi connectivity index (χ3v) is 3.52. The van der Waals surface area contributed by atoms with Crippen molar-refractivity contribution in [3.05, 3.63) is 16.9 Å². The highest BCUT2D eigenvalue weighted by atomic mass is 35.5. The van der Waals surface area contributed by atoms with E-state index in [0.717, 1.165) is 25.1 Å². The van der Waals surface area contributed by atoms with Crippen LogP contribution in [0.25, 0.3) is 0 Å². The van der Waals surface area contributed by atoms with Gasteiger partial charge in [-0.15, -0.1) is 0 Å². The van der Waals surface area contributed by atoms with Crippen LogP contribution in [0.2, 0.25) is 5.02 Å². The number of nitrogens with zero attached hydrogens (tertiary/aromatic N) is 2. The van der Waals surface area contributed by atoms with E-state index in [1.54, 1.807) is 10.9 Å². The van der Waals surface area contributed by atoms with Gasteiger partial charge in [-0.3, -0.25) is 9.48 Å². The second kappa shape index (κ2) is 6.20. The zero-order valence-electron chi connectivity index (χ0n) is 10.5. The molecule has 1 amide bonds. The Hall–Kier alpha value is -1.07. The lowest BCUT2D eigenvalue weighted by Crippen LogP contribution is -2.32. The summed E-state index contributed by atoms with van der Waals surface area (Å²) < 4.78 is 7.18. The number of carbonyl (C=O) groups is 1. The molecule has 100 valence electrons. The highest BCUT2D eigenvalue weighted by molar-refractivity contribution is 6.31. The zero-order valence-corrected chi connectivity index (χ0v) is 11.2.